The molecule has 4 fully saturated rings. The average Bonchev–Trinajstić information content (AvgIpc) is 2.91. The Kier molecular flexibility index (Phi) is 11.6. The fraction of sp³-hybridized carbons (Fsp3) is 0.581. The summed E-state index contributed by atoms with van der Waals surface area (Å²) in [5, 5.41) is 1.06. The number of quaternary nitrogens is 1. The van der Waals surface area contributed by atoms with Crippen molar-refractivity contribution < 1.29 is 36.6 Å². The molecule has 2 bridgehead atoms. The van der Waals surface area contributed by atoms with Gasteiger partial charge in [-0.05, 0) is 87.3 Å². The zero-order chi connectivity index (χ0) is 26.8. The molecule has 2 N–H and O–H groups in total. The number of ether oxygens (including phenoxy) is 2. The van der Waals surface area contributed by atoms with E-state index in [-0.39, 0.29) is 29.9 Å². The van der Waals surface area contributed by atoms with Crippen LogP contribution in [-0.4, -0.2) is 72.7 Å². The van der Waals surface area contributed by atoms with Crippen LogP contribution in [0.1, 0.15) is 57.1 Å². The van der Waals surface area contributed by atoms with Crippen molar-refractivity contribution in [2.75, 3.05) is 45.9 Å². The number of halogens is 3. The van der Waals surface area contributed by atoms with Gasteiger partial charge in [-0.1, -0.05) is 41.4 Å². The van der Waals surface area contributed by atoms with Crippen molar-refractivity contribution in [2.45, 2.75) is 64.1 Å². The number of nitrogens with zero attached hydrogens (tertiary/aromatic N) is 2. The smallest absolute Gasteiger partial charge is 0.227 e. The van der Waals surface area contributed by atoms with Crippen LogP contribution in [0.15, 0.2) is 42.5 Å². The van der Waals surface area contributed by atoms with E-state index in [2.05, 4.69) is 0 Å². The van der Waals surface area contributed by atoms with E-state index in [0.29, 0.717) is 29.6 Å². The molecule has 0 aliphatic carbocycles. The third kappa shape index (κ3) is 7.64. The van der Waals surface area contributed by atoms with Crippen LogP contribution in [0.2, 0.25) is 10.0 Å². The molecule has 0 radical (unpaired) electrons. The number of likely N-dealkylation sites (tertiary alicyclic amines) is 1. The van der Waals surface area contributed by atoms with Crippen LogP contribution in [0.3, 0.4) is 0 Å². The van der Waals surface area contributed by atoms with Crippen LogP contribution in [0.5, 0.6) is 5.75 Å². The second-order valence-corrected chi connectivity index (χ2v) is 12.7. The Hall–Kier alpha value is -1.54. The highest BCUT2D eigenvalue weighted by Crippen LogP contribution is 2.39. The van der Waals surface area contributed by atoms with Gasteiger partial charge in [0.2, 0.25) is 5.91 Å². The molecule has 1 unspecified atom stereocenters. The fourth-order valence-electron chi connectivity index (χ4n) is 6.65. The summed E-state index contributed by atoms with van der Waals surface area (Å²) in [4.78, 5) is 15.5. The van der Waals surface area contributed by atoms with Gasteiger partial charge in [-0.2, -0.15) is 0 Å². The van der Waals surface area contributed by atoms with Crippen LogP contribution < -0.4 is 17.1 Å². The normalized spacial score (nSPS) is 25.7. The van der Waals surface area contributed by atoms with Crippen molar-refractivity contribution in [3.8, 4) is 5.75 Å². The van der Waals surface area contributed by atoms with Gasteiger partial charge < -0.3 is 36.7 Å². The number of rotatable bonds is 9. The van der Waals surface area contributed by atoms with Crippen molar-refractivity contribution in [2.24, 2.45) is 5.92 Å². The molecule has 40 heavy (non-hydrogen) atoms. The van der Waals surface area contributed by atoms with Crippen LogP contribution >= 0.6 is 23.2 Å². The second kappa shape index (κ2) is 14.1. The quantitative estimate of drug-likeness (QED) is 0.409. The molecular weight excluding hydrogens is 571 g/mol. The number of carbonyl (C=O) groups excluding carboxylic acids is 1. The van der Waals surface area contributed by atoms with Gasteiger partial charge >= 0.3 is 0 Å². The first-order valence-electron chi connectivity index (χ1n) is 14.2. The monoisotopic (exact) mass is 612 g/mol. The van der Waals surface area contributed by atoms with E-state index >= 15 is 0 Å². The Balaban J connectivity index is 0.00000220. The highest BCUT2D eigenvalue weighted by Gasteiger charge is 2.43. The first-order valence-corrected chi connectivity index (χ1v) is 15.0. The zero-order valence-corrected chi connectivity index (χ0v) is 25.9. The third-order valence-corrected chi connectivity index (χ3v) is 9.60. The topological polar surface area (TPSA) is 70.3 Å². The lowest BCUT2D eigenvalue weighted by atomic mass is 9.84. The van der Waals surface area contributed by atoms with E-state index in [0.717, 1.165) is 48.7 Å². The molecule has 1 atom stereocenters. The van der Waals surface area contributed by atoms with Gasteiger partial charge in [0, 0.05) is 6.54 Å². The van der Waals surface area contributed by atoms with Crippen molar-refractivity contribution in [3.63, 3.8) is 0 Å². The number of carbonyl (C=O) groups is 1. The van der Waals surface area contributed by atoms with E-state index < -0.39 is 5.60 Å². The van der Waals surface area contributed by atoms with Gasteiger partial charge in [-0.15, -0.1) is 0 Å². The van der Waals surface area contributed by atoms with Crippen molar-refractivity contribution >= 4 is 29.1 Å². The first-order chi connectivity index (χ1) is 18.3. The summed E-state index contributed by atoms with van der Waals surface area (Å²) in [5.41, 5.74) is 1.38. The van der Waals surface area contributed by atoms with Gasteiger partial charge in [-0.25, -0.2) is 0 Å². The number of benzene rings is 2. The molecule has 222 valence electrons. The fourth-order valence-corrected chi connectivity index (χ4v) is 6.94. The average molecular weight is 614 g/mol. The standard InChI is InChI=1S/C31H41Cl2N2O3.ClH.H2O/c1-23(2)38-27-6-3-5-25(19-27)20-30(36)34-13-4-12-31(22-34,26-7-8-28(32)29(33)21-26)37-18-17-35-14-9-24(10-15-35)11-16-35;;/h3,5-8,19,21,23-24H,4,9-18,20,22H2,1-2H3;1H;1H2/q+1;;/p-1. The number of fused-ring (bicyclic) bond motifs is 3. The summed E-state index contributed by atoms with van der Waals surface area (Å²) < 4.78 is 13.9. The molecule has 4 aliphatic heterocycles. The molecule has 4 saturated heterocycles. The number of hydrogen-bond acceptors (Lipinski definition) is 3. The molecule has 2 aromatic carbocycles. The van der Waals surface area contributed by atoms with Gasteiger partial charge in [0.05, 0.1) is 55.4 Å². The molecule has 1 amide bonds. The van der Waals surface area contributed by atoms with Crippen LogP contribution in [0.4, 0.5) is 0 Å². The molecule has 4 heterocycles. The van der Waals surface area contributed by atoms with Gasteiger partial charge in [0.15, 0.2) is 0 Å². The Morgan fingerprint density at radius 3 is 2.48 bits per heavy atom. The number of piperidine rings is 4. The lowest BCUT2D eigenvalue weighted by Crippen LogP contribution is -3.00. The van der Waals surface area contributed by atoms with Crippen LogP contribution in [-0.2, 0) is 21.6 Å². The summed E-state index contributed by atoms with van der Waals surface area (Å²) in [6.45, 7) is 10.8. The minimum atomic E-state index is -0.586. The van der Waals surface area contributed by atoms with Crippen molar-refractivity contribution in [1.29, 1.82) is 0 Å². The summed E-state index contributed by atoms with van der Waals surface area (Å²) in [6, 6.07) is 13.7. The van der Waals surface area contributed by atoms with E-state index in [4.69, 9.17) is 32.7 Å². The largest absolute Gasteiger partial charge is 1.00 e. The molecule has 0 spiro atoms. The molecule has 6 rings (SSSR count). The van der Waals surface area contributed by atoms with Crippen LogP contribution in [0, 0.1) is 5.92 Å². The highest BCUT2D eigenvalue weighted by molar-refractivity contribution is 6.42. The predicted molar refractivity (Wildman–Crippen MR) is 156 cm³/mol. The maximum Gasteiger partial charge on any atom is 0.227 e. The molecular formula is C31H43Cl3N2O4. The highest BCUT2D eigenvalue weighted by atomic mass is 35.5. The van der Waals surface area contributed by atoms with Gasteiger partial charge in [-0.3, -0.25) is 4.79 Å². The van der Waals surface area contributed by atoms with E-state index in [1.807, 2.05) is 61.2 Å². The summed E-state index contributed by atoms with van der Waals surface area (Å²) in [5.74, 6) is 1.85. The Labute approximate surface area is 255 Å². The second-order valence-electron chi connectivity index (χ2n) is 11.8. The number of hydrogen-bond donors (Lipinski definition) is 0. The molecule has 4 aliphatic rings. The summed E-state index contributed by atoms with van der Waals surface area (Å²) in [7, 11) is 0. The first kappa shape index (κ1) is 33.0. The molecule has 9 heteroatoms. The predicted octanol–water partition coefficient (Wildman–Crippen LogP) is 2.67. The summed E-state index contributed by atoms with van der Waals surface area (Å²) >= 11 is 12.8. The lowest BCUT2D eigenvalue weighted by molar-refractivity contribution is -0.943. The zero-order valence-electron chi connectivity index (χ0n) is 23.6. The van der Waals surface area contributed by atoms with Gasteiger partial charge in [0.1, 0.15) is 17.9 Å². The molecule has 0 aromatic heterocycles. The SMILES string of the molecule is CC(C)Oc1cccc(CC(=O)N2CCCC(OCC[N+]34CCC(CC3)CC4)(c3ccc(Cl)c(Cl)c3)C2)c1.O.[Cl-]. The minimum Gasteiger partial charge on any atom is -1.00 e. The van der Waals surface area contributed by atoms with Crippen molar-refractivity contribution in [1.82, 2.24) is 4.90 Å². The lowest BCUT2D eigenvalue weighted by Gasteiger charge is -2.50. The molecule has 6 nitrogen and oxygen atoms in total. The third-order valence-electron chi connectivity index (χ3n) is 8.86. The van der Waals surface area contributed by atoms with Crippen LogP contribution in [0.25, 0.3) is 0 Å². The maximum absolute atomic E-state index is 13.5. The van der Waals surface area contributed by atoms with E-state index in [1.54, 1.807) is 0 Å². The Morgan fingerprint density at radius 1 is 1.07 bits per heavy atom. The Morgan fingerprint density at radius 2 is 1.80 bits per heavy atom. The van der Waals surface area contributed by atoms with E-state index in [1.165, 1.54) is 43.4 Å². The maximum atomic E-state index is 13.5. The van der Waals surface area contributed by atoms with E-state index in [9.17, 15) is 4.79 Å². The van der Waals surface area contributed by atoms with Crippen molar-refractivity contribution in [3.05, 3.63) is 63.6 Å². The molecule has 2 aromatic rings. The summed E-state index contributed by atoms with van der Waals surface area (Å²) in [6.07, 6.45) is 6.22. The van der Waals surface area contributed by atoms with Gasteiger partial charge in [0.25, 0.3) is 0 Å². The Bertz CT molecular complexity index is 1130. The minimum absolute atomic E-state index is 0. The number of amides is 1. The molecule has 0 saturated carbocycles.